The van der Waals surface area contributed by atoms with E-state index in [1.54, 1.807) is 31.2 Å². The van der Waals surface area contributed by atoms with Gasteiger partial charge in [-0.15, -0.1) is 0 Å². The first kappa shape index (κ1) is 21.7. The van der Waals surface area contributed by atoms with Crippen molar-refractivity contribution in [1.82, 2.24) is 5.32 Å². The summed E-state index contributed by atoms with van der Waals surface area (Å²) in [5.41, 5.74) is 3.41. The fourth-order valence-electron chi connectivity index (χ4n) is 3.17. The van der Waals surface area contributed by atoms with Crippen molar-refractivity contribution in [3.63, 3.8) is 0 Å². The van der Waals surface area contributed by atoms with Crippen LogP contribution >= 0.6 is 12.2 Å². The number of carbonyl (C=O) groups excluding carboxylic acids is 2. The van der Waals surface area contributed by atoms with E-state index in [0.717, 1.165) is 24.3 Å². The van der Waals surface area contributed by atoms with Gasteiger partial charge in [-0.2, -0.15) is 0 Å². The molecule has 7 nitrogen and oxygen atoms in total. The first-order valence-electron chi connectivity index (χ1n) is 9.81. The Labute approximate surface area is 181 Å². The lowest BCUT2D eigenvalue weighted by molar-refractivity contribution is 0.0526. The lowest BCUT2D eigenvalue weighted by Gasteiger charge is -2.31. The number of ether oxygens (including phenoxy) is 2. The number of benzene rings is 2. The fourth-order valence-corrected chi connectivity index (χ4v) is 3.38. The molecule has 1 heterocycles. The molecule has 1 aliphatic heterocycles. The summed E-state index contributed by atoms with van der Waals surface area (Å²) in [6, 6.07) is 12.5. The van der Waals surface area contributed by atoms with E-state index in [4.69, 9.17) is 21.7 Å². The molecule has 30 heavy (non-hydrogen) atoms. The number of carbonyl (C=O) groups is 2. The molecule has 0 aliphatic carbocycles. The van der Waals surface area contributed by atoms with E-state index in [1.807, 2.05) is 25.1 Å². The quantitative estimate of drug-likeness (QED) is 0.561. The highest BCUT2D eigenvalue weighted by molar-refractivity contribution is 7.80. The third-order valence-corrected chi connectivity index (χ3v) is 4.82. The lowest BCUT2D eigenvalue weighted by Crippen LogP contribution is -2.38. The predicted octanol–water partition coefficient (Wildman–Crippen LogP) is 3.14. The van der Waals surface area contributed by atoms with Crippen LogP contribution in [0.5, 0.6) is 0 Å². The van der Waals surface area contributed by atoms with E-state index in [2.05, 4.69) is 15.5 Å². The molecular weight excluding hydrogens is 402 g/mol. The normalized spacial score (nSPS) is 13.5. The maximum absolute atomic E-state index is 12.5. The van der Waals surface area contributed by atoms with E-state index in [-0.39, 0.29) is 17.6 Å². The molecule has 0 bridgehead atoms. The Hall–Kier alpha value is -2.97. The van der Waals surface area contributed by atoms with Crippen molar-refractivity contribution in [3.8, 4) is 0 Å². The topological polar surface area (TPSA) is 79.9 Å². The molecule has 0 radical (unpaired) electrons. The summed E-state index contributed by atoms with van der Waals surface area (Å²) in [6.07, 6.45) is 0. The Balaban J connectivity index is 1.80. The largest absolute Gasteiger partial charge is 0.462 e. The summed E-state index contributed by atoms with van der Waals surface area (Å²) < 4.78 is 10.5. The van der Waals surface area contributed by atoms with Crippen LogP contribution in [0.3, 0.4) is 0 Å². The highest BCUT2D eigenvalue weighted by Gasteiger charge is 2.19. The number of nitrogens with one attached hydrogen (secondary N) is 2. The molecule has 2 N–H and O–H groups in total. The van der Waals surface area contributed by atoms with E-state index in [1.165, 1.54) is 0 Å². The van der Waals surface area contributed by atoms with E-state index < -0.39 is 5.97 Å². The molecule has 0 atom stereocenters. The van der Waals surface area contributed by atoms with Gasteiger partial charge in [0.2, 0.25) is 0 Å². The van der Waals surface area contributed by atoms with Crippen molar-refractivity contribution in [2.45, 2.75) is 13.8 Å². The van der Waals surface area contributed by atoms with Crippen molar-refractivity contribution >= 4 is 40.6 Å². The molecule has 2 aromatic carbocycles. The van der Waals surface area contributed by atoms with Gasteiger partial charge in [0.1, 0.15) is 0 Å². The van der Waals surface area contributed by atoms with Gasteiger partial charge in [-0.25, -0.2) is 4.79 Å². The van der Waals surface area contributed by atoms with Crippen molar-refractivity contribution in [3.05, 3.63) is 59.2 Å². The van der Waals surface area contributed by atoms with Crippen LogP contribution in [0.1, 0.15) is 33.2 Å². The van der Waals surface area contributed by atoms with Gasteiger partial charge in [0, 0.05) is 18.7 Å². The second-order valence-electron chi connectivity index (χ2n) is 6.83. The first-order valence-corrected chi connectivity index (χ1v) is 10.2. The van der Waals surface area contributed by atoms with Crippen LogP contribution in [0, 0.1) is 6.92 Å². The van der Waals surface area contributed by atoms with Crippen molar-refractivity contribution in [1.29, 1.82) is 0 Å². The van der Waals surface area contributed by atoms with Gasteiger partial charge in [-0.1, -0.05) is 17.7 Å². The van der Waals surface area contributed by atoms with E-state index in [9.17, 15) is 9.59 Å². The molecule has 158 valence electrons. The molecule has 0 aromatic heterocycles. The highest BCUT2D eigenvalue weighted by atomic mass is 32.1. The second kappa shape index (κ2) is 10.2. The third kappa shape index (κ3) is 5.55. The Kier molecular flexibility index (Phi) is 7.37. The van der Waals surface area contributed by atoms with Crippen LogP contribution in [-0.2, 0) is 9.47 Å². The third-order valence-electron chi connectivity index (χ3n) is 4.61. The molecular formula is C22H25N3O4S. The lowest BCUT2D eigenvalue weighted by atomic mass is 10.1. The van der Waals surface area contributed by atoms with Crippen molar-refractivity contribution < 1.29 is 19.1 Å². The van der Waals surface area contributed by atoms with Gasteiger partial charge in [-0.05, 0) is 56.4 Å². The molecule has 0 unspecified atom stereocenters. The molecule has 1 aliphatic rings. The number of anilines is 2. The van der Waals surface area contributed by atoms with Gasteiger partial charge >= 0.3 is 5.97 Å². The number of rotatable bonds is 5. The van der Waals surface area contributed by atoms with Gasteiger partial charge in [0.15, 0.2) is 5.11 Å². The number of thiocarbonyl (C=S) groups is 1. The Morgan fingerprint density at radius 2 is 1.90 bits per heavy atom. The minimum absolute atomic E-state index is 0.150. The predicted molar refractivity (Wildman–Crippen MR) is 120 cm³/mol. The molecule has 0 saturated carbocycles. The van der Waals surface area contributed by atoms with Crippen molar-refractivity contribution in [2.24, 2.45) is 0 Å². The first-order chi connectivity index (χ1) is 14.5. The van der Waals surface area contributed by atoms with E-state index in [0.29, 0.717) is 30.0 Å². The number of nitrogens with zero attached hydrogens (tertiary/aromatic N) is 1. The smallest absolute Gasteiger partial charge is 0.338 e. The zero-order valence-electron chi connectivity index (χ0n) is 17.1. The van der Waals surface area contributed by atoms with Crippen molar-refractivity contribution in [2.75, 3.05) is 43.1 Å². The molecule has 2 aromatic rings. The Morgan fingerprint density at radius 1 is 1.13 bits per heavy atom. The average Bonchev–Trinajstić information content (AvgIpc) is 2.74. The summed E-state index contributed by atoms with van der Waals surface area (Å²) >= 11 is 5.36. The summed E-state index contributed by atoms with van der Waals surface area (Å²) in [6.45, 7) is 6.64. The number of hydrogen-bond acceptors (Lipinski definition) is 6. The zero-order valence-corrected chi connectivity index (χ0v) is 17.9. The summed E-state index contributed by atoms with van der Waals surface area (Å²) in [5.74, 6) is -0.713. The molecule has 1 saturated heterocycles. The number of hydrogen-bond donors (Lipinski definition) is 2. The summed E-state index contributed by atoms with van der Waals surface area (Å²) in [7, 11) is 0. The Morgan fingerprint density at radius 3 is 2.60 bits per heavy atom. The van der Waals surface area contributed by atoms with Crippen LogP contribution in [-0.4, -0.2) is 49.9 Å². The minimum atomic E-state index is -0.413. The molecule has 1 amide bonds. The van der Waals surface area contributed by atoms with Gasteiger partial charge < -0.3 is 19.7 Å². The standard InChI is InChI=1S/C22H25N3O4S/c1-3-29-21(27)17-7-8-19(25-9-11-28-12-10-25)18(14-17)23-22(30)24-20(26)16-6-4-5-15(2)13-16/h4-8,13-14H,3,9-12H2,1-2H3,(H2,23,24,26,30). The highest BCUT2D eigenvalue weighted by Crippen LogP contribution is 2.28. The molecule has 3 rings (SSSR count). The maximum atomic E-state index is 12.5. The molecule has 0 spiro atoms. The number of esters is 1. The Bertz CT molecular complexity index is 942. The monoisotopic (exact) mass is 427 g/mol. The second-order valence-corrected chi connectivity index (χ2v) is 7.24. The van der Waals surface area contributed by atoms with Crippen LogP contribution in [0.4, 0.5) is 11.4 Å². The number of morpholine rings is 1. The van der Waals surface area contributed by atoms with E-state index >= 15 is 0 Å². The zero-order chi connectivity index (χ0) is 21.5. The van der Waals surface area contributed by atoms with Crippen LogP contribution in [0.25, 0.3) is 0 Å². The van der Waals surface area contributed by atoms with Gasteiger partial charge in [-0.3, -0.25) is 10.1 Å². The average molecular weight is 428 g/mol. The fraction of sp³-hybridized carbons (Fsp3) is 0.318. The van der Waals surface area contributed by atoms with Crippen LogP contribution < -0.4 is 15.5 Å². The van der Waals surface area contributed by atoms with Gasteiger partial charge in [0.05, 0.1) is 36.8 Å². The number of aryl methyl sites for hydroxylation is 1. The molecule has 1 fully saturated rings. The summed E-state index contributed by atoms with van der Waals surface area (Å²) in [5, 5.41) is 5.92. The SMILES string of the molecule is CCOC(=O)c1ccc(N2CCOCC2)c(NC(=S)NC(=O)c2cccc(C)c2)c1. The van der Waals surface area contributed by atoms with Crippen LogP contribution in [0.15, 0.2) is 42.5 Å². The molecule has 8 heteroatoms. The van der Waals surface area contributed by atoms with Gasteiger partial charge in [0.25, 0.3) is 5.91 Å². The minimum Gasteiger partial charge on any atom is -0.462 e. The maximum Gasteiger partial charge on any atom is 0.338 e. The summed E-state index contributed by atoms with van der Waals surface area (Å²) in [4.78, 5) is 26.8. The van der Waals surface area contributed by atoms with Crippen LogP contribution in [0.2, 0.25) is 0 Å². The number of amides is 1.